The highest BCUT2D eigenvalue weighted by Gasteiger charge is 2.34. The van der Waals surface area contributed by atoms with Crippen molar-refractivity contribution in [3.05, 3.63) is 97.7 Å². The van der Waals surface area contributed by atoms with E-state index < -0.39 is 11.9 Å². The Kier molecular flexibility index (Phi) is 5.15. The number of halogens is 3. The summed E-state index contributed by atoms with van der Waals surface area (Å²) >= 11 is 9.66. The maximum absolute atomic E-state index is 13.9. The smallest absolute Gasteiger partial charge is 0.255 e. The fourth-order valence-corrected chi connectivity index (χ4v) is 4.05. The van der Waals surface area contributed by atoms with Crippen LogP contribution in [0.15, 0.2) is 59.1 Å². The molecule has 7 heteroatoms. The van der Waals surface area contributed by atoms with Crippen LogP contribution in [0.2, 0.25) is 5.02 Å². The summed E-state index contributed by atoms with van der Waals surface area (Å²) in [5, 5.41) is 6.03. The van der Waals surface area contributed by atoms with Crippen LogP contribution >= 0.6 is 27.5 Å². The second-order valence-corrected chi connectivity index (χ2v) is 8.13. The van der Waals surface area contributed by atoms with Crippen LogP contribution in [0.5, 0.6) is 0 Å². The van der Waals surface area contributed by atoms with Gasteiger partial charge < -0.3 is 10.6 Å². The molecule has 0 saturated heterocycles. The van der Waals surface area contributed by atoms with Gasteiger partial charge in [0.25, 0.3) is 11.8 Å². The van der Waals surface area contributed by atoms with Gasteiger partial charge >= 0.3 is 0 Å². The lowest BCUT2D eigenvalue weighted by Crippen LogP contribution is -2.21. The number of anilines is 1. The normalized spacial score (nSPS) is 15.0. The van der Waals surface area contributed by atoms with E-state index in [4.69, 9.17) is 11.6 Å². The first-order chi connectivity index (χ1) is 13.8. The first-order valence-electron chi connectivity index (χ1n) is 8.81. The van der Waals surface area contributed by atoms with E-state index in [1.54, 1.807) is 24.3 Å². The van der Waals surface area contributed by atoms with Crippen LogP contribution in [0.4, 0.5) is 10.1 Å². The lowest BCUT2D eigenvalue weighted by molar-refractivity contribution is 0.0959. The number of hydrogen-bond donors (Lipinski definition) is 2. The Bertz CT molecular complexity index is 1150. The molecule has 0 saturated carbocycles. The minimum atomic E-state index is -0.679. The molecule has 0 aromatic heterocycles. The maximum Gasteiger partial charge on any atom is 0.255 e. The van der Waals surface area contributed by atoms with Crippen molar-refractivity contribution in [1.82, 2.24) is 5.32 Å². The monoisotopic (exact) mass is 472 g/mol. The second-order valence-electron chi connectivity index (χ2n) is 6.81. The molecule has 1 aliphatic rings. The molecule has 3 aromatic carbocycles. The number of carbonyl (C=O) groups excluding carboxylic acids is 2. The molecule has 1 atom stereocenters. The summed E-state index contributed by atoms with van der Waals surface area (Å²) in [5.41, 5.74) is 3.34. The Morgan fingerprint density at radius 3 is 2.59 bits per heavy atom. The van der Waals surface area contributed by atoms with Gasteiger partial charge in [-0.1, -0.05) is 45.2 Å². The molecule has 1 aliphatic heterocycles. The van der Waals surface area contributed by atoms with Crippen molar-refractivity contribution in [3.63, 3.8) is 0 Å². The molecule has 1 heterocycles. The van der Waals surface area contributed by atoms with E-state index in [1.165, 1.54) is 18.2 Å². The molecule has 4 rings (SSSR count). The molecule has 1 unspecified atom stereocenters. The van der Waals surface area contributed by atoms with E-state index >= 15 is 0 Å². The number of rotatable bonds is 3. The fourth-order valence-electron chi connectivity index (χ4n) is 3.37. The minimum Gasteiger partial charge on any atom is -0.341 e. The summed E-state index contributed by atoms with van der Waals surface area (Å²) in [6.45, 7) is 1.94. The van der Waals surface area contributed by atoms with Crippen LogP contribution in [0.25, 0.3) is 0 Å². The molecule has 29 heavy (non-hydrogen) atoms. The van der Waals surface area contributed by atoms with E-state index in [-0.39, 0.29) is 11.8 Å². The molecule has 0 bridgehead atoms. The number of nitrogens with one attached hydrogen (secondary N) is 2. The first kappa shape index (κ1) is 19.6. The Balaban J connectivity index is 1.79. The van der Waals surface area contributed by atoms with Gasteiger partial charge in [0.2, 0.25) is 0 Å². The summed E-state index contributed by atoms with van der Waals surface area (Å²) in [4.78, 5) is 25.3. The third-order valence-corrected chi connectivity index (χ3v) is 5.59. The quantitative estimate of drug-likeness (QED) is 0.517. The van der Waals surface area contributed by atoms with Gasteiger partial charge in [0.05, 0.1) is 6.04 Å². The van der Waals surface area contributed by atoms with Gasteiger partial charge in [0, 0.05) is 37.4 Å². The fraction of sp³-hybridized carbons (Fsp3) is 0.0909. The van der Waals surface area contributed by atoms with Gasteiger partial charge in [0.1, 0.15) is 5.82 Å². The van der Waals surface area contributed by atoms with Gasteiger partial charge in [0.15, 0.2) is 0 Å². The first-order valence-corrected chi connectivity index (χ1v) is 9.98. The van der Waals surface area contributed by atoms with Gasteiger partial charge in [-0.05, 0) is 49.4 Å². The zero-order valence-electron chi connectivity index (χ0n) is 15.2. The number of hydrogen-bond acceptors (Lipinski definition) is 2. The topological polar surface area (TPSA) is 58.2 Å². The predicted octanol–water partition coefficient (Wildman–Crippen LogP) is 5.64. The average Bonchev–Trinajstić information content (AvgIpc) is 3.00. The van der Waals surface area contributed by atoms with E-state index in [0.717, 1.165) is 5.56 Å². The highest BCUT2D eigenvalue weighted by molar-refractivity contribution is 9.10. The van der Waals surface area contributed by atoms with Crippen molar-refractivity contribution in [2.45, 2.75) is 13.0 Å². The van der Waals surface area contributed by atoms with Crippen LogP contribution in [-0.4, -0.2) is 11.8 Å². The largest absolute Gasteiger partial charge is 0.341 e. The van der Waals surface area contributed by atoms with Gasteiger partial charge in [-0.3, -0.25) is 9.59 Å². The zero-order valence-corrected chi connectivity index (χ0v) is 17.6. The molecule has 2 amide bonds. The number of carbonyl (C=O) groups is 2. The molecular formula is C22H15BrClFN2O2. The van der Waals surface area contributed by atoms with Crippen LogP contribution < -0.4 is 10.6 Å². The van der Waals surface area contributed by atoms with Crippen LogP contribution in [0.3, 0.4) is 0 Å². The van der Waals surface area contributed by atoms with E-state index in [2.05, 4.69) is 26.6 Å². The van der Waals surface area contributed by atoms with Crippen molar-refractivity contribution in [1.29, 1.82) is 0 Å². The van der Waals surface area contributed by atoms with Crippen LogP contribution in [0, 0.1) is 12.7 Å². The van der Waals surface area contributed by atoms with Crippen molar-refractivity contribution >= 4 is 45.0 Å². The van der Waals surface area contributed by atoms with Crippen LogP contribution in [-0.2, 0) is 0 Å². The van der Waals surface area contributed by atoms with E-state index in [9.17, 15) is 14.0 Å². The van der Waals surface area contributed by atoms with Crippen molar-refractivity contribution in [2.75, 3.05) is 5.32 Å². The zero-order chi connectivity index (χ0) is 20.7. The summed E-state index contributed by atoms with van der Waals surface area (Å²) in [7, 11) is 0. The Hall–Kier alpha value is -2.70. The third-order valence-electron chi connectivity index (χ3n) is 4.78. The molecule has 4 nitrogen and oxygen atoms in total. The summed E-state index contributed by atoms with van der Waals surface area (Å²) < 4.78 is 14.5. The number of fused-ring (bicyclic) bond motifs is 1. The molecule has 0 spiro atoms. The summed E-state index contributed by atoms with van der Waals surface area (Å²) in [6, 6.07) is 13.8. The Morgan fingerprint density at radius 1 is 1.14 bits per heavy atom. The van der Waals surface area contributed by atoms with Crippen molar-refractivity contribution in [2.24, 2.45) is 0 Å². The summed E-state index contributed by atoms with van der Waals surface area (Å²) in [6.07, 6.45) is 0. The molecule has 0 aliphatic carbocycles. The Labute approximate surface area is 180 Å². The SMILES string of the molecule is Cc1ccc(C(=O)Nc2cc(Br)cc3c2C(c2cc(F)ccc2Cl)NC3=O)cc1. The van der Waals surface area contributed by atoms with Gasteiger partial charge in [-0.15, -0.1) is 0 Å². The highest BCUT2D eigenvalue weighted by atomic mass is 79.9. The molecule has 0 fully saturated rings. The molecular weight excluding hydrogens is 459 g/mol. The molecule has 2 N–H and O–H groups in total. The van der Waals surface area contributed by atoms with E-state index in [0.29, 0.717) is 37.4 Å². The van der Waals surface area contributed by atoms with Gasteiger partial charge in [-0.25, -0.2) is 4.39 Å². The molecule has 0 radical (unpaired) electrons. The van der Waals surface area contributed by atoms with E-state index in [1.807, 2.05) is 19.1 Å². The lowest BCUT2D eigenvalue weighted by atomic mass is 9.96. The minimum absolute atomic E-state index is 0.311. The number of amides is 2. The van der Waals surface area contributed by atoms with Crippen molar-refractivity contribution in [3.8, 4) is 0 Å². The lowest BCUT2D eigenvalue weighted by Gasteiger charge is -2.18. The predicted molar refractivity (Wildman–Crippen MR) is 114 cm³/mol. The van der Waals surface area contributed by atoms with Gasteiger partial charge in [-0.2, -0.15) is 0 Å². The maximum atomic E-state index is 13.9. The third kappa shape index (κ3) is 3.78. The molecule has 3 aromatic rings. The number of benzene rings is 3. The highest BCUT2D eigenvalue weighted by Crippen LogP contribution is 2.41. The average molecular weight is 474 g/mol. The second kappa shape index (κ2) is 7.61. The van der Waals surface area contributed by atoms with Crippen molar-refractivity contribution < 1.29 is 14.0 Å². The number of aryl methyl sites for hydroxylation is 1. The summed E-state index contributed by atoms with van der Waals surface area (Å²) in [5.74, 6) is -1.10. The standard InChI is InChI=1S/C22H15BrClFN2O2/c1-11-2-4-12(5-3-11)21(28)26-18-9-13(23)8-16-19(18)20(27-22(16)29)15-10-14(25)6-7-17(15)24/h2-10,20H,1H3,(H,26,28)(H,27,29). The van der Waals surface area contributed by atoms with Crippen LogP contribution in [0.1, 0.15) is 43.4 Å². The Morgan fingerprint density at radius 2 is 1.86 bits per heavy atom. The molecule has 146 valence electrons.